The number of ether oxygens (including phenoxy) is 2. The van der Waals surface area contributed by atoms with E-state index in [0.717, 1.165) is 5.56 Å². The molecule has 1 heterocycles. The first kappa shape index (κ1) is 39.3. The van der Waals surface area contributed by atoms with Crippen LogP contribution in [0.25, 0.3) is 0 Å². The Hall–Kier alpha value is -2.84. The second-order valence-corrected chi connectivity index (χ2v) is 18.7. The molecular weight excluding hydrogens is 608 g/mol. The number of methoxy groups -OCH3 is 2. The van der Waals surface area contributed by atoms with E-state index < -0.39 is 68.3 Å². The van der Waals surface area contributed by atoms with Crippen molar-refractivity contribution in [1.82, 2.24) is 21.1 Å². The zero-order valence-electron chi connectivity index (χ0n) is 29.2. The lowest BCUT2D eigenvalue weighted by Crippen LogP contribution is -2.67. The predicted molar refractivity (Wildman–Crippen MR) is 178 cm³/mol. The van der Waals surface area contributed by atoms with Gasteiger partial charge in [0.05, 0.1) is 31.3 Å². The quantitative estimate of drug-likeness (QED) is 0.164. The van der Waals surface area contributed by atoms with E-state index in [2.05, 4.69) is 49.9 Å². The highest BCUT2D eigenvalue weighted by Crippen LogP contribution is 2.38. The molecule has 12 nitrogen and oxygen atoms in total. The van der Waals surface area contributed by atoms with E-state index in [0.29, 0.717) is 19.4 Å². The summed E-state index contributed by atoms with van der Waals surface area (Å²) in [5.41, 5.74) is 3.93. The molecule has 0 unspecified atom stereocenters. The van der Waals surface area contributed by atoms with Crippen LogP contribution in [0.1, 0.15) is 59.9 Å². The molecule has 0 bridgehead atoms. The maximum atomic E-state index is 14.4. The van der Waals surface area contributed by atoms with Gasteiger partial charge in [-0.1, -0.05) is 65.0 Å². The lowest BCUT2D eigenvalue weighted by molar-refractivity contribution is -0.153. The normalized spacial score (nSPS) is 19.0. The number of benzene rings is 1. The molecule has 1 aromatic carbocycles. The van der Waals surface area contributed by atoms with Crippen molar-refractivity contribution in [3.63, 3.8) is 0 Å². The van der Waals surface area contributed by atoms with Crippen LogP contribution in [-0.2, 0) is 39.5 Å². The van der Waals surface area contributed by atoms with E-state index in [4.69, 9.17) is 13.9 Å². The van der Waals surface area contributed by atoms with Crippen LogP contribution >= 0.6 is 0 Å². The van der Waals surface area contributed by atoms with Gasteiger partial charge < -0.3 is 29.6 Å². The third-order valence-corrected chi connectivity index (χ3v) is 13.5. The molecule has 46 heavy (non-hydrogen) atoms. The van der Waals surface area contributed by atoms with Gasteiger partial charge in [-0.05, 0) is 55.8 Å². The van der Waals surface area contributed by atoms with Crippen LogP contribution in [0, 0.1) is 11.8 Å². The molecule has 260 valence electrons. The minimum atomic E-state index is -2.41. The monoisotopic (exact) mass is 664 g/mol. The molecule has 1 saturated heterocycles. The molecule has 1 fully saturated rings. The van der Waals surface area contributed by atoms with Gasteiger partial charge in [0.25, 0.3) is 5.91 Å². The molecule has 0 saturated carbocycles. The Morgan fingerprint density at radius 1 is 1.07 bits per heavy atom. The van der Waals surface area contributed by atoms with Crippen molar-refractivity contribution in [2.75, 3.05) is 27.4 Å². The van der Waals surface area contributed by atoms with Crippen molar-refractivity contribution in [3.05, 3.63) is 35.9 Å². The van der Waals surface area contributed by atoms with E-state index >= 15 is 0 Å². The number of aliphatic hydroxyl groups excluding tert-OH is 1. The number of nitrogens with one attached hydrogen (secondary N) is 3. The summed E-state index contributed by atoms with van der Waals surface area (Å²) in [6.07, 6.45) is -0.744. The number of esters is 1. The Kier molecular flexibility index (Phi) is 14.8. The van der Waals surface area contributed by atoms with Crippen LogP contribution in [0.5, 0.6) is 0 Å². The maximum absolute atomic E-state index is 14.4. The van der Waals surface area contributed by atoms with Crippen LogP contribution in [0.4, 0.5) is 0 Å². The van der Waals surface area contributed by atoms with E-state index in [-0.39, 0.29) is 24.0 Å². The van der Waals surface area contributed by atoms with Gasteiger partial charge in [-0.3, -0.25) is 24.2 Å². The van der Waals surface area contributed by atoms with Gasteiger partial charge in [-0.15, -0.1) is 0 Å². The Morgan fingerprint density at radius 3 is 2.24 bits per heavy atom. The van der Waals surface area contributed by atoms with Gasteiger partial charge in [-0.25, -0.2) is 5.43 Å². The van der Waals surface area contributed by atoms with Crippen molar-refractivity contribution >= 4 is 32.0 Å². The molecular formula is C33H56N4O8Si. The van der Waals surface area contributed by atoms with Crippen molar-refractivity contribution < 1.29 is 38.2 Å². The number of amides is 3. The number of hydrogen-bond acceptors (Lipinski definition) is 9. The first-order valence-corrected chi connectivity index (χ1v) is 19.0. The number of hydrogen-bond donors (Lipinski definition) is 4. The van der Waals surface area contributed by atoms with Crippen LogP contribution in [0.15, 0.2) is 30.3 Å². The second kappa shape index (κ2) is 17.3. The van der Waals surface area contributed by atoms with Crippen molar-refractivity contribution in [2.24, 2.45) is 11.8 Å². The number of rotatable bonds is 15. The molecule has 0 spiro atoms. The first-order chi connectivity index (χ1) is 21.4. The summed E-state index contributed by atoms with van der Waals surface area (Å²) in [5, 5.41) is 18.1. The van der Waals surface area contributed by atoms with Crippen molar-refractivity contribution in [1.29, 1.82) is 0 Å². The van der Waals surface area contributed by atoms with Crippen LogP contribution in [0.2, 0.25) is 18.1 Å². The standard InChI is InChI=1S/C33H56N4O8Si/c1-21(2)29(45-46(9,10)33(4,5)6)27(36-26(38)20-43-7)31(41)37-25(17-14-18-34-37)30(40)35-24(19-23-15-12-11-13-16-23)28(39)22(3)32(42)44-8/h11-13,15-16,21-22,24-25,27-29,34,39H,14,17-20H2,1-10H3,(H,35,40)(H,36,38)/t22-,24-,25-,27+,28-,29+/m0/s1. The molecule has 2 rings (SSSR count). The summed E-state index contributed by atoms with van der Waals surface area (Å²) < 4.78 is 16.7. The minimum absolute atomic E-state index is 0.159. The fourth-order valence-corrected chi connectivity index (χ4v) is 6.62. The number of carbonyl (C=O) groups is 4. The summed E-state index contributed by atoms with van der Waals surface area (Å²) in [4.78, 5) is 53.6. The molecule has 1 aromatic rings. The summed E-state index contributed by atoms with van der Waals surface area (Å²) in [6.45, 7) is 16.1. The van der Waals surface area contributed by atoms with E-state index in [1.165, 1.54) is 19.2 Å². The molecule has 6 atom stereocenters. The van der Waals surface area contributed by atoms with E-state index in [1.54, 1.807) is 6.92 Å². The molecule has 13 heteroatoms. The van der Waals surface area contributed by atoms with Gasteiger partial charge >= 0.3 is 5.97 Å². The summed E-state index contributed by atoms with van der Waals surface area (Å²) in [7, 11) is 0.233. The van der Waals surface area contributed by atoms with Crippen molar-refractivity contribution in [3.8, 4) is 0 Å². The van der Waals surface area contributed by atoms with Gasteiger partial charge in [0, 0.05) is 13.7 Å². The predicted octanol–water partition coefficient (Wildman–Crippen LogP) is 2.56. The molecule has 1 aliphatic heterocycles. The number of aliphatic hydroxyl groups is 1. The molecule has 0 aliphatic carbocycles. The van der Waals surface area contributed by atoms with Gasteiger partial charge in [0.2, 0.25) is 11.8 Å². The highest BCUT2D eigenvalue weighted by Gasteiger charge is 2.46. The highest BCUT2D eigenvalue weighted by atomic mass is 28.4. The second-order valence-electron chi connectivity index (χ2n) is 13.9. The topological polar surface area (TPSA) is 156 Å². The zero-order chi connectivity index (χ0) is 34.8. The fraction of sp³-hybridized carbons (Fsp3) is 0.697. The third kappa shape index (κ3) is 10.6. The minimum Gasteiger partial charge on any atom is -0.469 e. The molecule has 1 aliphatic rings. The lowest BCUT2D eigenvalue weighted by Gasteiger charge is -2.44. The Bertz CT molecular complexity index is 1160. The van der Waals surface area contributed by atoms with Gasteiger partial charge in [-0.2, -0.15) is 0 Å². The first-order valence-electron chi connectivity index (χ1n) is 16.1. The Morgan fingerprint density at radius 2 is 1.70 bits per heavy atom. The van der Waals surface area contributed by atoms with Crippen LogP contribution in [0.3, 0.4) is 0 Å². The molecule has 0 radical (unpaired) electrons. The SMILES string of the molecule is COCC(=O)N[C@@H](C(=O)N1NCCC[C@H]1C(=O)N[C@@H](Cc1ccccc1)[C@@H](O)[C@H](C)C(=O)OC)[C@H](O[Si](C)(C)C(C)(C)C)C(C)C. The summed E-state index contributed by atoms with van der Waals surface area (Å²) in [5.74, 6) is -3.16. The lowest BCUT2D eigenvalue weighted by atomic mass is 9.92. The van der Waals surface area contributed by atoms with Crippen LogP contribution < -0.4 is 16.1 Å². The van der Waals surface area contributed by atoms with E-state index in [9.17, 15) is 24.3 Å². The fourth-order valence-electron chi connectivity index (χ4n) is 5.18. The number of hydrazine groups is 1. The number of carbonyl (C=O) groups excluding carboxylic acids is 4. The summed E-state index contributed by atoms with van der Waals surface area (Å²) >= 11 is 0. The maximum Gasteiger partial charge on any atom is 0.311 e. The highest BCUT2D eigenvalue weighted by molar-refractivity contribution is 6.74. The Balaban J connectivity index is 2.46. The van der Waals surface area contributed by atoms with Crippen molar-refractivity contribution in [2.45, 2.75) is 109 Å². The zero-order valence-corrected chi connectivity index (χ0v) is 30.2. The third-order valence-electron chi connectivity index (χ3n) is 8.99. The van der Waals surface area contributed by atoms with E-state index in [1.807, 2.05) is 44.2 Å². The van der Waals surface area contributed by atoms with Gasteiger partial charge in [0.1, 0.15) is 18.7 Å². The number of nitrogens with zero attached hydrogens (tertiary/aromatic N) is 1. The molecule has 4 N–H and O–H groups in total. The molecule has 0 aromatic heterocycles. The van der Waals surface area contributed by atoms with Crippen LogP contribution in [-0.4, -0.2) is 99.8 Å². The summed E-state index contributed by atoms with van der Waals surface area (Å²) in [6, 6.07) is 6.39. The average Bonchev–Trinajstić information content (AvgIpc) is 3.00. The smallest absolute Gasteiger partial charge is 0.311 e. The average molecular weight is 665 g/mol. The van der Waals surface area contributed by atoms with Gasteiger partial charge in [0.15, 0.2) is 8.32 Å². The molecule has 3 amide bonds. The largest absolute Gasteiger partial charge is 0.469 e. The Labute approximate surface area is 275 Å².